The summed E-state index contributed by atoms with van der Waals surface area (Å²) in [7, 11) is 3.23. The third-order valence-corrected chi connectivity index (χ3v) is 5.70. The highest BCUT2D eigenvalue weighted by atomic mass is 16.5. The van der Waals surface area contributed by atoms with Gasteiger partial charge in [0.25, 0.3) is 5.89 Å². The lowest BCUT2D eigenvalue weighted by Gasteiger charge is -2.18. The maximum absolute atomic E-state index is 12.7. The summed E-state index contributed by atoms with van der Waals surface area (Å²) in [6, 6.07) is 13.5. The van der Waals surface area contributed by atoms with Crippen molar-refractivity contribution in [2.24, 2.45) is 0 Å². The zero-order valence-corrected chi connectivity index (χ0v) is 17.3. The van der Waals surface area contributed by atoms with Crippen LogP contribution >= 0.6 is 0 Å². The first-order valence-corrected chi connectivity index (χ1v) is 10.0. The van der Waals surface area contributed by atoms with Gasteiger partial charge in [-0.1, -0.05) is 11.2 Å². The van der Waals surface area contributed by atoms with Crippen LogP contribution in [0.1, 0.15) is 23.7 Å². The number of rotatable bonds is 6. The van der Waals surface area contributed by atoms with Crippen LogP contribution < -0.4 is 9.47 Å². The van der Waals surface area contributed by atoms with Crippen LogP contribution in [0.3, 0.4) is 0 Å². The molecule has 0 saturated carbocycles. The number of likely N-dealkylation sites (tertiary alicyclic amines) is 1. The van der Waals surface area contributed by atoms with Gasteiger partial charge >= 0.3 is 0 Å². The van der Waals surface area contributed by atoms with E-state index in [1.165, 1.54) is 0 Å². The Morgan fingerprint density at radius 2 is 2.10 bits per heavy atom. The molecule has 3 heterocycles. The van der Waals surface area contributed by atoms with E-state index in [0.717, 1.165) is 33.5 Å². The SMILES string of the molecule is COc1ccc(OC)c(CN2CC(c3noc(-c4cccc5[nH]ccc45)n3)CC2=O)c1. The van der Waals surface area contributed by atoms with Gasteiger partial charge in [0, 0.05) is 53.7 Å². The highest BCUT2D eigenvalue weighted by Crippen LogP contribution is 2.33. The van der Waals surface area contributed by atoms with E-state index < -0.39 is 0 Å². The summed E-state index contributed by atoms with van der Waals surface area (Å²) in [5.41, 5.74) is 2.77. The summed E-state index contributed by atoms with van der Waals surface area (Å²) >= 11 is 0. The van der Waals surface area contributed by atoms with Crippen LogP contribution in [-0.4, -0.2) is 46.7 Å². The number of aromatic amines is 1. The first-order chi connectivity index (χ1) is 15.2. The fourth-order valence-electron chi connectivity index (χ4n) is 4.09. The summed E-state index contributed by atoms with van der Waals surface area (Å²) in [4.78, 5) is 22.3. The van der Waals surface area contributed by atoms with Gasteiger partial charge in [0.1, 0.15) is 11.5 Å². The van der Waals surface area contributed by atoms with E-state index in [1.807, 2.05) is 48.7 Å². The molecule has 2 aromatic carbocycles. The third-order valence-electron chi connectivity index (χ3n) is 5.70. The number of hydrogen-bond acceptors (Lipinski definition) is 6. The van der Waals surface area contributed by atoms with Gasteiger partial charge in [-0.2, -0.15) is 4.98 Å². The summed E-state index contributed by atoms with van der Waals surface area (Å²) < 4.78 is 16.3. The zero-order valence-electron chi connectivity index (χ0n) is 17.3. The molecule has 2 aromatic heterocycles. The molecule has 1 amide bonds. The van der Waals surface area contributed by atoms with Crippen LogP contribution in [-0.2, 0) is 11.3 Å². The van der Waals surface area contributed by atoms with E-state index >= 15 is 0 Å². The molecule has 0 spiro atoms. The Labute approximate surface area is 178 Å². The maximum atomic E-state index is 12.7. The Bertz CT molecular complexity index is 1250. The van der Waals surface area contributed by atoms with Crippen LogP contribution in [0, 0.1) is 0 Å². The van der Waals surface area contributed by atoms with E-state index in [4.69, 9.17) is 14.0 Å². The van der Waals surface area contributed by atoms with Crippen LogP contribution in [0.5, 0.6) is 11.5 Å². The summed E-state index contributed by atoms with van der Waals surface area (Å²) in [6.45, 7) is 0.954. The normalized spacial score (nSPS) is 16.3. The fourth-order valence-corrected chi connectivity index (χ4v) is 4.09. The Morgan fingerprint density at radius 1 is 1.19 bits per heavy atom. The molecular weight excluding hydrogens is 396 g/mol. The molecule has 0 bridgehead atoms. The van der Waals surface area contributed by atoms with Crippen LogP contribution in [0.15, 0.2) is 53.2 Å². The molecule has 1 N–H and O–H groups in total. The van der Waals surface area contributed by atoms with Crippen molar-refractivity contribution >= 4 is 16.8 Å². The van der Waals surface area contributed by atoms with E-state index in [2.05, 4.69) is 15.1 Å². The molecule has 1 aliphatic rings. The van der Waals surface area contributed by atoms with Gasteiger partial charge in [-0.25, -0.2) is 0 Å². The molecule has 31 heavy (non-hydrogen) atoms. The molecule has 1 aliphatic heterocycles. The van der Waals surface area contributed by atoms with Crippen LogP contribution in [0.25, 0.3) is 22.4 Å². The number of ether oxygens (including phenoxy) is 2. The second kappa shape index (κ2) is 7.79. The molecule has 1 fully saturated rings. The average Bonchev–Trinajstić information content (AvgIpc) is 3.53. The lowest BCUT2D eigenvalue weighted by molar-refractivity contribution is -0.128. The summed E-state index contributed by atoms with van der Waals surface area (Å²) in [5.74, 6) is 2.39. The smallest absolute Gasteiger partial charge is 0.258 e. The highest BCUT2D eigenvalue weighted by Gasteiger charge is 2.34. The van der Waals surface area contributed by atoms with Gasteiger partial charge in [-0.3, -0.25) is 4.79 Å². The largest absolute Gasteiger partial charge is 0.497 e. The number of carbonyl (C=O) groups is 1. The van der Waals surface area contributed by atoms with Crippen molar-refractivity contribution in [3.8, 4) is 23.0 Å². The van der Waals surface area contributed by atoms with Crippen molar-refractivity contribution in [2.45, 2.75) is 18.9 Å². The molecule has 0 radical (unpaired) electrons. The van der Waals surface area contributed by atoms with E-state index in [-0.39, 0.29) is 11.8 Å². The number of benzene rings is 2. The van der Waals surface area contributed by atoms with E-state index in [1.54, 1.807) is 19.1 Å². The lowest BCUT2D eigenvalue weighted by atomic mass is 10.1. The van der Waals surface area contributed by atoms with Crippen LogP contribution in [0.4, 0.5) is 0 Å². The fraction of sp³-hybridized carbons (Fsp3) is 0.261. The Hall–Kier alpha value is -3.81. The van der Waals surface area contributed by atoms with Crippen molar-refractivity contribution in [1.82, 2.24) is 20.0 Å². The Kier molecular flexibility index (Phi) is 4.82. The third kappa shape index (κ3) is 3.50. The second-order valence-corrected chi connectivity index (χ2v) is 7.56. The molecule has 1 saturated heterocycles. The minimum absolute atomic E-state index is 0.0500. The molecule has 158 valence electrons. The topological polar surface area (TPSA) is 93.5 Å². The van der Waals surface area contributed by atoms with Crippen LogP contribution in [0.2, 0.25) is 0 Å². The Morgan fingerprint density at radius 3 is 2.94 bits per heavy atom. The van der Waals surface area contributed by atoms with Gasteiger partial charge in [-0.05, 0) is 36.4 Å². The summed E-state index contributed by atoms with van der Waals surface area (Å²) in [6.07, 6.45) is 2.23. The Balaban J connectivity index is 1.36. The molecule has 5 rings (SSSR count). The first kappa shape index (κ1) is 19.2. The number of hydrogen-bond donors (Lipinski definition) is 1. The number of aromatic nitrogens is 3. The van der Waals surface area contributed by atoms with Crippen molar-refractivity contribution in [3.05, 3.63) is 60.0 Å². The molecule has 8 heteroatoms. The number of carbonyl (C=O) groups excluding carboxylic acids is 1. The molecule has 1 unspecified atom stereocenters. The van der Waals surface area contributed by atoms with Gasteiger partial charge in [0.2, 0.25) is 5.91 Å². The quantitative estimate of drug-likeness (QED) is 0.513. The predicted molar refractivity (Wildman–Crippen MR) is 114 cm³/mol. The zero-order chi connectivity index (χ0) is 21.4. The van der Waals surface area contributed by atoms with Gasteiger partial charge in [0.05, 0.1) is 14.2 Å². The van der Waals surface area contributed by atoms with E-state index in [9.17, 15) is 4.79 Å². The van der Waals surface area contributed by atoms with Crippen molar-refractivity contribution in [3.63, 3.8) is 0 Å². The van der Waals surface area contributed by atoms with Gasteiger partial charge in [0.15, 0.2) is 5.82 Å². The number of H-pyrrole nitrogens is 1. The predicted octanol–water partition coefficient (Wildman–Crippen LogP) is 3.75. The van der Waals surface area contributed by atoms with E-state index in [0.29, 0.717) is 31.2 Å². The van der Waals surface area contributed by atoms with Crippen molar-refractivity contribution in [1.29, 1.82) is 0 Å². The minimum atomic E-state index is -0.118. The highest BCUT2D eigenvalue weighted by molar-refractivity contribution is 5.92. The number of nitrogens with zero attached hydrogens (tertiary/aromatic N) is 3. The molecular formula is C23H22N4O4. The number of amides is 1. The minimum Gasteiger partial charge on any atom is -0.497 e. The number of fused-ring (bicyclic) bond motifs is 1. The molecule has 0 aliphatic carbocycles. The second-order valence-electron chi connectivity index (χ2n) is 7.56. The molecule has 1 atom stereocenters. The standard InChI is InChI=1S/C23H22N4O4/c1-29-16-6-7-20(30-2)14(10-16)12-27-13-15(11-21(27)28)22-25-23(31-26-22)18-4-3-5-19-17(18)8-9-24-19/h3-10,15,24H,11-13H2,1-2H3. The monoisotopic (exact) mass is 418 g/mol. The van der Waals surface area contributed by atoms with Gasteiger partial charge < -0.3 is 23.9 Å². The molecule has 4 aromatic rings. The van der Waals surface area contributed by atoms with Crippen molar-refractivity contribution in [2.75, 3.05) is 20.8 Å². The molecule has 8 nitrogen and oxygen atoms in total. The average molecular weight is 418 g/mol. The first-order valence-electron chi connectivity index (χ1n) is 10.0. The lowest BCUT2D eigenvalue weighted by Crippen LogP contribution is -2.24. The van der Waals surface area contributed by atoms with Crippen molar-refractivity contribution < 1.29 is 18.8 Å². The number of nitrogens with one attached hydrogen (secondary N) is 1. The summed E-state index contributed by atoms with van der Waals surface area (Å²) in [5, 5.41) is 5.20. The number of methoxy groups -OCH3 is 2. The maximum Gasteiger partial charge on any atom is 0.258 e. The van der Waals surface area contributed by atoms with Gasteiger partial charge in [-0.15, -0.1) is 0 Å².